The molecule has 188 valence electrons. The largest absolute Gasteiger partial charge is 0.497 e. The van der Waals surface area contributed by atoms with Crippen LogP contribution >= 0.6 is 0 Å². The van der Waals surface area contributed by atoms with E-state index in [0.29, 0.717) is 31.7 Å². The van der Waals surface area contributed by atoms with Crippen molar-refractivity contribution in [2.45, 2.75) is 39.0 Å². The number of hydrogen-bond donors (Lipinski definition) is 0. The maximum absolute atomic E-state index is 13.7. The number of methoxy groups -OCH3 is 1. The van der Waals surface area contributed by atoms with Crippen molar-refractivity contribution in [2.75, 3.05) is 33.3 Å². The number of amides is 2. The Kier molecular flexibility index (Phi) is 7.12. The minimum absolute atomic E-state index is 0.0242. The average molecular weight is 486 g/mol. The van der Waals surface area contributed by atoms with Crippen molar-refractivity contribution in [3.8, 4) is 22.7 Å². The highest BCUT2D eigenvalue weighted by Gasteiger charge is 2.31. The summed E-state index contributed by atoms with van der Waals surface area (Å²) in [6.07, 6.45) is 5.57. The van der Waals surface area contributed by atoms with Gasteiger partial charge in [0.15, 0.2) is 0 Å². The maximum atomic E-state index is 13.7. The van der Waals surface area contributed by atoms with E-state index < -0.39 is 0 Å². The van der Waals surface area contributed by atoms with E-state index in [0.717, 1.165) is 54.1 Å². The molecule has 2 aliphatic rings. The van der Waals surface area contributed by atoms with Gasteiger partial charge in [0.25, 0.3) is 5.91 Å². The van der Waals surface area contributed by atoms with Crippen molar-refractivity contribution in [2.24, 2.45) is 5.92 Å². The van der Waals surface area contributed by atoms with Crippen molar-refractivity contribution < 1.29 is 14.3 Å². The smallest absolute Gasteiger partial charge is 0.255 e. The normalized spacial score (nSPS) is 16.7. The van der Waals surface area contributed by atoms with Gasteiger partial charge in [-0.1, -0.05) is 55.7 Å². The van der Waals surface area contributed by atoms with Crippen LogP contribution < -0.4 is 4.74 Å². The number of rotatable bonds is 5. The zero-order valence-electron chi connectivity index (χ0n) is 21.3. The molecule has 0 bridgehead atoms. The molecule has 1 aliphatic heterocycles. The summed E-state index contributed by atoms with van der Waals surface area (Å²) < 4.78 is 7.60. The fourth-order valence-corrected chi connectivity index (χ4v) is 5.63. The van der Waals surface area contributed by atoms with Crippen molar-refractivity contribution in [1.29, 1.82) is 0 Å². The van der Waals surface area contributed by atoms with Crippen LogP contribution in [0.25, 0.3) is 16.9 Å². The molecule has 5 rings (SSSR count). The van der Waals surface area contributed by atoms with Gasteiger partial charge < -0.3 is 19.1 Å². The summed E-state index contributed by atoms with van der Waals surface area (Å²) in [5, 5.41) is 0. The van der Waals surface area contributed by atoms with Gasteiger partial charge in [-0.05, 0) is 43.5 Å². The van der Waals surface area contributed by atoms with Crippen LogP contribution in [0, 0.1) is 12.8 Å². The van der Waals surface area contributed by atoms with E-state index in [4.69, 9.17) is 4.74 Å². The first kappa shape index (κ1) is 24.2. The minimum Gasteiger partial charge on any atom is -0.497 e. The maximum Gasteiger partial charge on any atom is 0.255 e. The number of piperazine rings is 1. The number of carbonyl (C=O) groups is 2. The monoisotopic (exact) mass is 485 g/mol. The molecule has 0 N–H and O–H groups in total. The molecular formula is C30H35N3O3. The van der Waals surface area contributed by atoms with E-state index in [1.807, 2.05) is 65.3 Å². The number of ether oxygens (including phenoxy) is 1. The first-order valence-corrected chi connectivity index (χ1v) is 13.1. The highest BCUT2D eigenvalue weighted by atomic mass is 16.5. The van der Waals surface area contributed by atoms with Crippen molar-refractivity contribution in [3.63, 3.8) is 0 Å². The summed E-state index contributed by atoms with van der Waals surface area (Å²) in [5.41, 5.74) is 4.56. The molecule has 0 radical (unpaired) electrons. The molecule has 1 aromatic heterocycles. The molecule has 0 atom stereocenters. The van der Waals surface area contributed by atoms with E-state index in [1.165, 1.54) is 6.42 Å². The van der Waals surface area contributed by atoms with Crippen LogP contribution in [0.15, 0.2) is 60.7 Å². The van der Waals surface area contributed by atoms with E-state index in [9.17, 15) is 9.59 Å². The lowest BCUT2D eigenvalue weighted by atomic mass is 9.88. The lowest BCUT2D eigenvalue weighted by molar-refractivity contribution is -0.138. The van der Waals surface area contributed by atoms with Crippen molar-refractivity contribution >= 4 is 11.8 Å². The highest BCUT2D eigenvalue weighted by Crippen LogP contribution is 2.32. The summed E-state index contributed by atoms with van der Waals surface area (Å²) in [4.78, 5) is 30.6. The van der Waals surface area contributed by atoms with E-state index in [-0.39, 0.29) is 17.7 Å². The summed E-state index contributed by atoms with van der Waals surface area (Å²) >= 11 is 0. The first-order chi connectivity index (χ1) is 17.6. The van der Waals surface area contributed by atoms with Gasteiger partial charge in [0.2, 0.25) is 5.91 Å². The molecule has 1 saturated heterocycles. The molecular weight excluding hydrogens is 450 g/mol. The molecule has 1 saturated carbocycles. The Morgan fingerprint density at radius 3 is 2.22 bits per heavy atom. The predicted octanol–water partition coefficient (Wildman–Crippen LogP) is 5.33. The quantitative estimate of drug-likeness (QED) is 0.491. The molecule has 2 heterocycles. The van der Waals surface area contributed by atoms with Gasteiger partial charge in [0.05, 0.1) is 18.4 Å². The molecule has 2 amide bonds. The van der Waals surface area contributed by atoms with Crippen LogP contribution in [-0.4, -0.2) is 59.5 Å². The number of hydrogen-bond acceptors (Lipinski definition) is 3. The van der Waals surface area contributed by atoms with Gasteiger partial charge in [-0.3, -0.25) is 9.59 Å². The van der Waals surface area contributed by atoms with Crippen LogP contribution in [-0.2, 0) is 4.79 Å². The van der Waals surface area contributed by atoms with Gasteiger partial charge in [-0.25, -0.2) is 0 Å². The Morgan fingerprint density at radius 1 is 0.833 bits per heavy atom. The molecule has 1 aliphatic carbocycles. The third-order valence-electron chi connectivity index (χ3n) is 7.69. The number of nitrogens with zero attached hydrogens (tertiary/aromatic N) is 3. The summed E-state index contributed by atoms with van der Waals surface area (Å²) in [7, 11) is 1.66. The molecule has 2 fully saturated rings. The van der Waals surface area contributed by atoms with E-state index in [1.54, 1.807) is 7.11 Å². The zero-order valence-corrected chi connectivity index (χ0v) is 21.3. The highest BCUT2D eigenvalue weighted by molar-refractivity contribution is 5.97. The fourth-order valence-electron chi connectivity index (χ4n) is 5.63. The van der Waals surface area contributed by atoms with Gasteiger partial charge in [-0.2, -0.15) is 0 Å². The van der Waals surface area contributed by atoms with Gasteiger partial charge in [0.1, 0.15) is 5.75 Å². The Hall–Kier alpha value is -3.54. The van der Waals surface area contributed by atoms with Crippen LogP contribution in [0.1, 0.15) is 48.2 Å². The number of aromatic nitrogens is 1. The molecule has 36 heavy (non-hydrogen) atoms. The van der Waals surface area contributed by atoms with Crippen LogP contribution in [0.5, 0.6) is 5.75 Å². The second kappa shape index (κ2) is 10.6. The van der Waals surface area contributed by atoms with Gasteiger partial charge in [-0.15, -0.1) is 0 Å². The standard InChI is InChI=1S/C30H35N3O3/c1-22-27(30(35)32-18-16-31(17-19-32)29(34)24-12-7-4-8-13-24)21-28(23-10-5-3-6-11-23)33(22)25-14-9-15-26(20-25)36-2/h3,5-6,9-11,14-15,20-21,24H,4,7-8,12-13,16-19H2,1-2H3. The predicted molar refractivity (Wildman–Crippen MR) is 142 cm³/mol. The Balaban J connectivity index is 1.40. The molecule has 6 nitrogen and oxygen atoms in total. The van der Waals surface area contributed by atoms with E-state index in [2.05, 4.69) is 16.7 Å². The lowest BCUT2D eigenvalue weighted by Crippen LogP contribution is -2.52. The number of benzene rings is 2. The topological polar surface area (TPSA) is 54.8 Å². The Morgan fingerprint density at radius 2 is 1.53 bits per heavy atom. The average Bonchev–Trinajstić information content (AvgIpc) is 3.30. The Labute approximate surface area is 213 Å². The molecule has 0 unspecified atom stereocenters. The van der Waals surface area contributed by atoms with Gasteiger partial charge >= 0.3 is 0 Å². The van der Waals surface area contributed by atoms with Crippen LogP contribution in [0.4, 0.5) is 0 Å². The summed E-state index contributed by atoms with van der Waals surface area (Å²) in [5.74, 6) is 1.25. The molecule has 2 aromatic carbocycles. The van der Waals surface area contributed by atoms with E-state index >= 15 is 0 Å². The lowest BCUT2D eigenvalue weighted by Gasteiger charge is -2.37. The van der Waals surface area contributed by atoms with Crippen LogP contribution in [0.2, 0.25) is 0 Å². The second-order valence-corrected chi connectivity index (χ2v) is 9.88. The molecule has 3 aromatic rings. The van der Waals surface area contributed by atoms with Crippen molar-refractivity contribution in [1.82, 2.24) is 14.4 Å². The van der Waals surface area contributed by atoms with Crippen LogP contribution in [0.3, 0.4) is 0 Å². The summed E-state index contributed by atoms with van der Waals surface area (Å²) in [6, 6.07) is 20.1. The third-order valence-corrected chi connectivity index (χ3v) is 7.69. The molecule has 0 spiro atoms. The Bertz CT molecular complexity index is 1220. The molecule has 6 heteroatoms. The third kappa shape index (κ3) is 4.77. The second-order valence-electron chi connectivity index (χ2n) is 9.88. The van der Waals surface area contributed by atoms with Crippen molar-refractivity contribution in [3.05, 3.63) is 71.9 Å². The first-order valence-electron chi connectivity index (χ1n) is 13.1. The fraction of sp³-hybridized carbons (Fsp3) is 0.400. The zero-order chi connectivity index (χ0) is 25.1. The SMILES string of the molecule is COc1cccc(-n2c(-c3ccccc3)cc(C(=O)N3CCN(C(=O)C4CCCCC4)CC3)c2C)c1. The minimum atomic E-state index is 0.0242. The van der Waals surface area contributed by atoms with Gasteiger partial charge in [0, 0.05) is 49.5 Å². The number of carbonyl (C=O) groups excluding carboxylic acids is 2. The summed E-state index contributed by atoms with van der Waals surface area (Å²) in [6.45, 7) is 4.37.